The Labute approximate surface area is 114 Å². The zero-order valence-electron chi connectivity index (χ0n) is 10.7. The third kappa shape index (κ3) is 3.14. The number of hydrogen-bond donors (Lipinski definition) is 1. The maximum Gasteiger partial charge on any atom is 0.313 e. The third-order valence-electron chi connectivity index (χ3n) is 2.35. The topological polar surface area (TPSA) is 94.0 Å². The molecule has 0 aromatic carbocycles. The number of carboxylic acid groups (broad SMARTS) is 1. The van der Waals surface area contributed by atoms with Gasteiger partial charge in [0.25, 0.3) is 0 Å². The molecular weight excluding hydrogens is 268 g/mol. The number of aliphatic carboxylic acids is 1. The fourth-order valence-electron chi connectivity index (χ4n) is 1.61. The van der Waals surface area contributed by atoms with Crippen LogP contribution in [0.3, 0.4) is 0 Å². The first-order chi connectivity index (χ1) is 9.11. The molecular formula is C11H14N4O3S. The van der Waals surface area contributed by atoms with Gasteiger partial charge in [-0.25, -0.2) is 0 Å². The Morgan fingerprint density at radius 1 is 1.53 bits per heavy atom. The molecule has 7 nitrogen and oxygen atoms in total. The van der Waals surface area contributed by atoms with Gasteiger partial charge in [0.05, 0.1) is 5.75 Å². The minimum Gasteiger partial charge on any atom is -0.481 e. The van der Waals surface area contributed by atoms with E-state index < -0.39 is 5.97 Å². The van der Waals surface area contributed by atoms with Crippen molar-refractivity contribution in [3.05, 3.63) is 11.8 Å². The van der Waals surface area contributed by atoms with E-state index >= 15 is 0 Å². The van der Waals surface area contributed by atoms with E-state index in [4.69, 9.17) is 9.63 Å². The molecule has 0 aliphatic rings. The van der Waals surface area contributed by atoms with Gasteiger partial charge < -0.3 is 14.2 Å². The molecule has 0 bridgehead atoms. The molecule has 102 valence electrons. The van der Waals surface area contributed by atoms with Crippen molar-refractivity contribution in [2.24, 2.45) is 0 Å². The van der Waals surface area contributed by atoms with Crippen molar-refractivity contribution in [3.63, 3.8) is 0 Å². The predicted octanol–water partition coefficient (Wildman–Crippen LogP) is 1.83. The molecule has 2 aromatic heterocycles. The molecule has 0 aliphatic heterocycles. The first-order valence-corrected chi connectivity index (χ1v) is 6.82. The second-order valence-electron chi connectivity index (χ2n) is 3.96. The van der Waals surface area contributed by atoms with E-state index in [2.05, 4.69) is 15.4 Å². The van der Waals surface area contributed by atoms with Crippen LogP contribution in [0.5, 0.6) is 0 Å². The number of nitrogens with zero attached hydrogens (tertiary/aromatic N) is 4. The quantitative estimate of drug-likeness (QED) is 0.807. The highest BCUT2D eigenvalue weighted by atomic mass is 32.2. The van der Waals surface area contributed by atoms with Gasteiger partial charge in [-0.1, -0.05) is 23.8 Å². The summed E-state index contributed by atoms with van der Waals surface area (Å²) in [6, 6.07) is 1.78. The molecule has 0 saturated heterocycles. The zero-order chi connectivity index (χ0) is 13.8. The highest BCUT2D eigenvalue weighted by Gasteiger charge is 2.17. The Morgan fingerprint density at radius 2 is 2.32 bits per heavy atom. The van der Waals surface area contributed by atoms with Crippen LogP contribution in [-0.2, 0) is 11.3 Å². The molecule has 8 heteroatoms. The smallest absolute Gasteiger partial charge is 0.313 e. The molecule has 0 aliphatic carbocycles. The molecule has 0 fully saturated rings. The Kier molecular flexibility index (Phi) is 4.20. The van der Waals surface area contributed by atoms with Crippen LogP contribution in [-0.4, -0.2) is 36.7 Å². The van der Waals surface area contributed by atoms with Crippen molar-refractivity contribution in [2.75, 3.05) is 5.75 Å². The molecule has 1 N–H and O–H groups in total. The summed E-state index contributed by atoms with van der Waals surface area (Å²) in [6.45, 7) is 4.54. The molecule has 2 rings (SSSR count). The Balaban J connectivity index is 2.31. The highest BCUT2D eigenvalue weighted by Crippen LogP contribution is 2.23. The maximum atomic E-state index is 10.6. The summed E-state index contributed by atoms with van der Waals surface area (Å²) in [5.74, 6) is 0.377. The molecule has 2 aromatic rings. The van der Waals surface area contributed by atoms with Crippen molar-refractivity contribution >= 4 is 17.7 Å². The summed E-state index contributed by atoms with van der Waals surface area (Å²) in [4.78, 5) is 10.6. The summed E-state index contributed by atoms with van der Waals surface area (Å²) < 4.78 is 6.89. The number of carboxylic acids is 1. The Hall–Kier alpha value is -1.83. The van der Waals surface area contributed by atoms with Crippen molar-refractivity contribution in [1.29, 1.82) is 0 Å². The average molecular weight is 282 g/mol. The van der Waals surface area contributed by atoms with Gasteiger partial charge in [-0.15, -0.1) is 10.2 Å². The first-order valence-electron chi connectivity index (χ1n) is 5.83. The van der Waals surface area contributed by atoms with E-state index in [-0.39, 0.29) is 5.75 Å². The van der Waals surface area contributed by atoms with Crippen molar-refractivity contribution < 1.29 is 14.4 Å². The lowest BCUT2D eigenvalue weighted by Crippen LogP contribution is -2.04. The van der Waals surface area contributed by atoms with Gasteiger partial charge in [0.2, 0.25) is 0 Å². The lowest BCUT2D eigenvalue weighted by Gasteiger charge is -2.05. The first kappa shape index (κ1) is 13.6. The number of aryl methyl sites for hydroxylation is 1. The molecule has 0 atom stereocenters. The van der Waals surface area contributed by atoms with Crippen LogP contribution in [0.2, 0.25) is 0 Å². The van der Waals surface area contributed by atoms with Gasteiger partial charge in [-0.3, -0.25) is 4.79 Å². The van der Waals surface area contributed by atoms with Gasteiger partial charge in [-0.2, -0.15) is 0 Å². The molecule has 0 saturated carbocycles. The fraction of sp³-hybridized carbons (Fsp3) is 0.455. The van der Waals surface area contributed by atoms with Crippen LogP contribution in [0, 0.1) is 6.92 Å². The summed E-state index contributed by atoms with van der Waals surface area (Å²) in [5.41, 5.74) is 0.612. The van der Waals surface area contributed by atoms with E-state index in [9.17, 15) is 4.79 Å². The predicted molar refractivity (Wildman–Crippen MR) is 68.9 cm³/mol. The van der Waals surface area contributed by atoms with E-state index in [1.54, 1.807) is 13.0 Å². The lowest BCUT2D eigenvalue weighted by atomic mass is 10.3. The fourth-order valence-corrected chi connectivity index (χ4v) is 2.29. The lowest BCUT2D eigenvalue weighted by molar-refractivity contribution is -0.133. The standard InChI is InChI=1S/C11H14N4O3S/c1-3-4-15-10(8-5-7(2)18-14-8)12-13-11(15)19-6-9(16)17/h5H,3-4,6H2,1-2H3,(H,16,17). The molecule has 19 heavy (non-hydrogen) atoms. The van der Waals surface area contributed by atoms with Crippen LogP contribution < -0.4 is 0 Å². The largest absolute Gasteiger partial charge is 0.481 e. The molecule has 0 spiro atoms. The summed E-state index contributed by atoms with van der Waals surface area (Å²) in [6.07, 6.45) is 0.891. The van der Waals surface area contributed by atoms with Crippen molar-refractivity contribution in [2.45, 2.75) is 32.0 Å². The van der Waals surface area contributed by atoms with Gasteiger partial charge in [0, 0.05) is 12.6 Å². The minimum atomic E-state index is -0.880. The van der Waals surface area contributed by atoms with Crippen molar-refractivity contribution in [3.8, 4) is 11.5 Å². The Bertz CT molecular complexity index is 578. The normalized spacial score (nSPS) is 10.8. The van der Waals surface area contributed by atoms with Crippen LogP contribution >= 0.6 is 11.8 Å². The van der Waals surface area contributed by atoms with Crippen LogP contribution in [0.15, 0.2) is 15.7 Å². The van der Waals surface area contributed by atoms with E-state index in [0.29, 0.717) is 29.0 Å². The van der Waals surface area contributed by atoms with Crippen LogP contribution in [0.4, 0.5) is 0 Å². The molecule has 0 amide bonds. The van der Waals surface area contributed by atoms with Gasteiger partial charge in [0.15, 0.2) is 16.7 Å². The third-order valence-corrected chi connectivity index (χ3v) is 3.30. The average Bonchev–Trinajstić information content (AvgIpc) is 2.94. The molecule has 0 unspecified atom stereocenters. The summed E-state index contributed by atoms with van der Waals surface area (Å²) in [7, 11) is 0. The van der Waals surface area contributed by atoms with E-state index in [1.807, 2.05) is 11.5 Å². The van der Waals surface area contributed by atoms with Gasteiger partial charge in [0.1, 0.15) is 5.76 Å². The second kappa shape index (κ2) is 5.87. The number of hydrogen-bond acceptors (Lipinski definition) is 6. The zero-order valence-corrected chi connectivity index (χ0v) is 11.5. The van der Waals surface area contributed by atoms with Crippen LogP contribution in [0.25, 0.3) is 11.5 Å². The minimum absolute atomic E-state index is 0.0420. The van der Waals surface area contributed by atoms with Crippen LogP contribution in [0.1, 0.15) is 19.1 Å². The number of aromatic nitrogens is 4. The summed E-state index contributed by atoms with van der Waals surface area (Å²) in [5, 5.41) is 21.3. The number of carbonyl (C=O) groups is 1. The summed E-state index contributed by atoms with van der Waals surface area (Å²) >= 11 is 1.15. The Morgan fingerprint density at radius 3 is 2.89 bits per heavy atom. The number of thioether (sulfide) groups is 1. The number of rotatable bonds is 6. The van der Waals surface area contributed by atoms with E-state index in [1.165, 1.54) is 0 Å². The highest BCUT2D eigenvalue weighted by molar-refractivity contribution is 7.99. The molecule has 0 radical (unpaired) electrons. The van der Waals surface area contributed by atoms with Crippen molar-refractivity contribution in [1.82, 2.24) is 19.9 Å². The maximum absolute atomic E-state index is 10.6. The van der Waals surface area contributed by atoms with E-state index in [0.717, 1.165) is 18.2 Å². The molecule has 2 heterocycles. The SMILES string of the molecule is CCCn1c(SCC(=O)O)nnc1-c1cc(C)on1. The monoisotopic (exact) mass is 282 g/mol. The van der Waals surface area contributed by atoms with Gasteiger partial charge >= 0.3 is 5.97 Å². The van der Waals surface area contributed by atoms with Gasteiger partial charge in [-0.05, 0) is 13.3 Å². The second-order valence-corrected chi connectivity index (χ2v) is 4.91.